The average Bonchev–Trinajstić information content (AvgIpc) is 2.91. The highest BCUT2D eigenvalue weighted by atomic mass is 16.5. The van der Waals surface area contributed by atoms with Crippen LogP contribution in [0, 0.1) is 5.92 Å². The lowest BCUT2D eigenvalue weighted by molar-refractivity contribution is -0.150. The van der Waals surface area contributed by atoms with Gasteiger partial charge in [-0.05, 0) is 19.3 Å². The van der Waals surface area contributed by atoms with E-state index in [1.165, 1.54) is 141 Å². The van der Waals surface area contributed by atoms with Crippen molar-refractivity contribution in [1.82, 2.24) is 0 Å². The van der Waals surface area contributed by atoms with Gasteiger partial charge in [-0.2, -0.15) is 0 Å². The Kier molecular flexibility index (Phi) is 29.2. The Balaban J connectivity index is 3.34. The summed E-state index contributed by atoms with van der Waals surface area (Å²) < 4.78 is 4.99. The van der Waals surface area contributed by atoms with Crippen molar-refractivity contribution in [3.05, 3.63) is 12.2 Å². The summed E-state index contributed by atoms with van der Waals surface area (Å²) in [5.74, 6) is -2.16. The molecule has 38 heavy (non-hydrogen) atoms. The minimum Gasteiger partial charge on any atom is -0.481 e. The predicted molar refractivity (Wildman–Crippen MR) is 163 cm³/mol. The van der Waals surface area contributed by atoms with Crippen LogP contribution in [0.15, 0.2) is 12.2 Å². The molecule has 0 aliphatic carbocycles. The standard InChI is InChI=1S/C34H64O4/c1-3-5-6-7-8-9-10-11-12-13-14-15-16-17-18-19-20-21-22-23-24-25-26-27-28-29-32(34(36)37)31-33(35)38-30-4-2/h28-29,32H,3-27,30-31H2,1-2H3,(H,36,37)/b29-28+. The van der Waals surface area contributed by atoms with Gasteiger partial charge in [0.05, 0.1) is 18.9 Å². The summed E-state index contributed by atoms with van der Waals surface area (Å²) in [5, 5.41) is 9.28. The van der Waals surface area contributed by atoms with Gasteiger partial charge in [0.1, 0.15) is 0 Å². The molecule has 1 atom stereocenters. The lowest BCUT2D eigenvalue weighted by Gasteiger charge is -2.07. The highest BCUT2D eigenvalue weighted by Gasteiger charge is 2.18. The van der Waals surface area contributed by atoms with E-state index in [2.05, 4.69) is 6.92 Å². The van der Waals surface area contributed by atoms with Gasteiger partial charge in [-0.25, -0.2) is 0 Å². The van der Waals surface area contributed by atoms with E-state index in [4.69, 9.17) is 4.74 Å². The molecule has 0 spiro atoms. The van der Waals surface area contributed by atoms with Gasteiger partial charge < -0.3 is 9.84 Å². The molecule has 0 aromatic carbocycles. The minimum atomic E-state index is -0.959. The van der Waals surface area contributed by atoms with Gasteiger partial charge in [0.25, 0.3) is 0 Å². The van der Waals surface area contributed by atoms with Crippen molar-refractivity contribution in [3.63, 3.8) is 0 Å². The second-order valence-electron chi connectivity index (χ2n) is 11.4. The van der Waals surface area contributed by atoms with Crippen molar-refractivity contribution in [3.8, 4) is 0 Å². The average molecular weight is 537 g/mol. The zero-order valence-corrected chi connectivity index (χ0v) is 25.5. The monoisotopic (exact) mass is 536 g/mol. The van der Waals surface area contributed by atoms with Gasteiger partial charge in [-0.15, -0.1) is 0 Å². The van der Waals surface area contributed by atoms with E-state index >= 15 is 0 Å². The first kappa shape index (κ1) is 36.7. The maximum atomic E-state index is 11.6. The van der Waals surface area contributed by atoms with Gasteiger partial charge in [0, 0.05) is 0 Å². The first-order valence-electron chi connectivity index (χ1n) is 16.7. The number of hydrogen-bond donors (Lipinski definition) is 1. The predicted octanol–water partition coefficient (Wildman–Crippen LogP) is 11.0. The normalized spacial score (nSPS) is 12.3. The van der Waals surface area contributed by atoms with Crippen LogP contribution in [0.2, 0.25) is 0 Å². The number of carbonyl (C=O) groups is 2. The Morgan fingerprint density at radius 3 is 1.29 bits per heavy atom. The number of ether oxygens (including phenoxy) is 1. The number of rotatable bonds is 30. The molecule has 0 bridgehead atoms. The van der Waals surface area contributed by atoms with Crippen molar-refractivity contribution in [2.24, 2.45) is 5.92 Å². The SMILES string of the molecule is CCCCCCCCCCCCCCCCCCCCCCCCC/C=C/C(CC(=O)OCCC)C(=O)O. The summed E-state index contributed by atoms with van der Waals surface area (Å²) in [7, 11) is 0. The summed E-state index contributed by atoms with van der Waals surface area (Å²) in [4.78, 5) is 23.0. The molecule has 0 aromatic rings. The van der Waals surface area contributed by atoms with E-state index in [1.807, 2.05) is 13.0 Å². The molecule has 224 valence electrons. The molecule has 0 rings (SSSR count). The van der Waals surface area contributed by atoms with Gasteiger partial charge in [-0.1, -0.05) is 167 Å². The molecule has 1 N–H and O–H groups in total. The lowest BCUT2D eigenvalue weighted by Crippen LogP contribution is -2.17. The number of carbonyl (C=O) groups excluding carboxylic acids is 1. The molecule has 0 amide bonds. The number of carboxylic acid groups (broad SMARTS) is 1. The number of hydrogen-bond acceptors (Lipinski definition) is 3. The summed E-state index contributed by atoms with van der Waals surface area (Å²) in [6.45, 7) is 4.57. The molecule has 0 saturated heterocycles. The first-order valence-corrected chi connectivity index (χ1v) is 16.7. The number of allylic oxidation sites excluding steroid dienone is 1. The van der Waals surface area contributed by atoms with E-state index in [0.29, 0.717) is 6.61 Å². The number of aliphatic carboxylic acids is 1. The molecule has 1 unspecified atom stereocenters. The number of esters is 1. The van der Waals surface area contributed by atoms with E-state index in [0.717, 1.165) is 19.3 Å². The second kappa shape index (κ2) is 30.2. The molecular weight excluding hydrogens is 472 g/mol. The largest absolute Gasteiger partial charge is 0.481 e. The Hall–Kier alpha value is -1.32. The third-order valence-electron chi connectivity index (χ3n) is 7.51. The highest BCUT2D eigenvalue weighted by Crippen LogP contribution is 2.16. The third kappa shape index (κ3) is 27.7. The topological polar surface area (TPSA) is 63.6 Å². The minimum absolute atomic E-state index is 0.0781. The van der Waals surface area contributed by atoms with Gasteiger partial charge in [-0.3, -0.25) is 9.59 Å². The molecule has 0 radical (unpaired) electrons. The van der Waals surface area contributed by atoms with E-state index in [9.17, 15) is 14.7 Å². The summed E-state index contributed by atoms with van der Waals surface area (Å²) in [6.07, 6.45) is 37.0. The van der Waals surface area contributed by atoms with E-state index in [-0.39, 0.29) is 6.42 Å². The van der Waals surface area contributed by atoms with Crippen LogP contribution in [0.3, 0.4) is 0 Å². The molecule has 0 saturated carbocycles. The van der Waals surface area contributed by atoms with Crippen molar-refractivity contribution in [2.75, 3.05) is 6.61 Å². The van der Waals surface area contributed by atoms with Crippen molar-refractivity contribution in [1.29, 1.82) is 0 Å². The smallest absolute Gasteiger partial charge is 0.310 e. The van der Waals surface area contributed by atoms with E-state index in [1.54, 1.807) is 6.08 Å². The van der Waals surface area contributed by atoms with Gasteiger partial charge >= 0.3 is 11.9 Å². The highest BCUT2D eigenvalue weighted by molar-refractivity contribution is 5.80. The first-order chi connectivity index (χ1) is 18.6. The van der Waals surface area contributed by atoms with Gasteiger partial charge in [0.2, 0.25) is 0 Å². The third-order valence-corrected chi connectivity index (χ3v) is 7.51. The van der Waals surface area contributed by atoms with Crippen LogP contribution in [0.25, 0.3) is 0 Å². The molecule has 0 aliphatic heterocycles. The van der Waals surface area contributed by atoms with Gasteiger partial charge in [0.15, 0.2) is 0 Å². The van der Waals surface area contributed by atoms with Crippen molar-refractivity contribution < 1.29 is 19.4 Å². The molecule has 0 aromatic heterocycles. The van der Waals surface area contributed by atoms with Crippen LogP contribution in [-0.2, 0) is 14.3 Å². The van der Waals surface area contributed by atoms with Crippen LogP contribution in [-0.4, -0.2) is 23.7 Å². The Bertz CT molecular complexity index is 543. The maximum Gasteiger partial charge on any atom is 0.310 e. The second-order valence-corrected chi connectivity index (χ2v) is 11.4. The van der Waals surface area contributed by atoms with Crippen molar-refractivity contribution >= 4 is 11.9 Å². The van der Waals surface area contributed by atoms with Crippen molar-refractivity contribution in [2.45, 2.75) is 181 Å². The summed E-state index contributed by atoms with van der Waals surface area (Å²) >= 11 is 0. The summed E-state index contributed by atoms with van der Waals surface area (Å²) in [6, 6.07) is 0. The molecule has 0 aliphatic rings. The molecular formula is C34H64O4. The van der Waals surface area contributed by atoms with Crippen LogP contribution in [0.4, 0.5) is 0 Å². The molecule has 0 fully saturated rings. The van der Waals surface area contributed by atoms with Crippen LogP contribution in [0.1, 0.15) is 181 Å². The fourth-order valence-corrected chi connectivity index (χ4v) is 5.00. The Labute approximate surface area is 236 Å². The fraction of sp³-hybridized carbons (Fsp3) is 0.882. The maximum absolute atomic E-state index is 11.6. The number of carboxylic acids is 1. The zero-order chi connectivity index (χ0) is 27.9. The van der Waals surface area contributed by atoms with Crippen LogP contribution >= 0.6 is 0 Å². The van der Waals surface area contributed by atoms with E-state index < -0.39 is 17.9 Å². The molecule has 4 nitrogen and oxygen atoms in total. The van der Waals surface area contributed by atoms with Crippen LogP contribution < -0.4 is 0 Å². The fourth-order valence-electron chi connectivity index (χ4n) is 5.00. The lowest BCUT2D eigenvalue weighted by atomic mass is 10.0. The molecule has 0 heterocycles. The molecule has 4 heteroatoms. The van der Waals surface area contributed by atoms with Crippen LogP contribution in [0.5, 0.6) is 0 Å². The summed E-state index contributed by atoms with van der Waals surface area (Å²) in [5.41, 5.74) is 0. The quantitative estimate of drug-likeness (QED) is 0.0563. The number of unbranched alkanes of at least 4 members (excludes halogenated alkanes) is 23. The zero-order valence-electron chi connectivity index (χ0n) is 25.5. The Morgan fingerprint density at radius 2 is 0.947 bits per heavy atom. The Morgan fingerprint density at radius 1 is 0.579 bits per heavy atom.